The highest BCUT2D eigenvalue weighted by molar-refractivity contribution is 5.75. The lowest BCUT2D eigenvalue weighted by Gasteiger charge is -2.08. The van der Waals surface area contributed by atoms with Crippen LogP contribution in [0.15, 0.2) is 0 Å². The predicted octanol–water partition coefficient (Wildman–Crippen LogP) is -0.0466. The third-order valence-electron chi connectivity index (χ3n) is 4.37. The predicted molar refractivity (Wildman–Crippen MR) is 133 cm³/mol. The van der Waals surface area contributed by atoms with Gasteiger partial charge >= 0.3 is 0 Å². The lowest BCUT2D eigenvalue weighted by molar-refractivity contribution is -0.122. The van der Waals surface area contributed by atoms with Crippen LogP contribution in [0.2, 0.25) is 0 Å². The summed E-state index contributed by atoms with van der Waals surface area (Å²) in [7, 11) is 0. The van der Waals surface area contributed by atoms with Crippen molar-refractivity contribution in [2.75, 3.05) is 119 Å². The fraction of sp³-hybridized carbons (Fsp3) is 0.917. The Balaban J connectivity index is 3.14. The molecular formula is C24H48N2O10. The summed E-state index contributed by atoms with van der Waals surface area (Å²) in [4.78, 5) is 21.9. The monoisotopic (exact) mass is 524 g/mol. The molecule has 0 rings (SSSR count). The first-order chi connectivity index (χ1) is 17.8. The molecule has 36 heavy (non-hydrogen) atoms. The van der Waals surface area contributed by atoms with Crippen LogP contribution in [0, 0.1) is 0 Å². The van der Waals surface area contributed by atoms with Gasteiger partial charge in [-0.15, -0.1) is 0 Å². The van der Waals surface area contributed by atoms with Gasteiger partial charge in [0.15, 0.2) is 0 Å². The maximum Gasteiger partial charge on any atom is 0.222 e. The van der Waals surface area contributed by atoms with Crippen molar-refractivity contribution in [2.45, 2.75) is 25.7 Å². The van der Waals surface area contributed by atoms with Crippen molar-refractivity contribution in [1.29, 1.82) is 0 Å². The van der Waals surface area contributed by atoms with E-state index in [-0.39, 0.29) is 5.91 Å². The van der Waals surface area contributed by atoms with Crippen LogP contribution >= 0.6 is 0 Å². The van der Waals surface area contributed by atoms with Crippen molar-refractivity contribution < 1.29 is 47.5 Å². The second-order valence-corrected chi connectivity index (χ2v) is 7.45. The zero-order chi connectivity index (χ0) is 26.2. The Morgan fingerprint density at radius 2 is 0.944 bits per heavy atom. The molecule has 0 aromatic heterocycles. The molecule has 214 valence electrons. The van der Waals surface area contributed by atoms with E-state index in [4.69, 9.17) is 43.6 Å². The summed E-state index contributed by atoms with van der Waals surface area (Å²) in [6, 6.07) is 0. The first-order valence-electron chi connectivity index (χ1n) is 12.8. The molecule has 0 aliphatic heterocycles. The van der Waals surface area contributed by atoms with E-state index in [9.17, 15) is 9.59 Å². The molecule has 0 aliphatic rings. The molecule has 12 heteroatoms. The van der Waals surface area contributed by atoms with E-state index in [0.717, 1.165) is 19.1 Å². The highest BCUT2D eigenvalue weighted by Gasteiger charge is 2.01. The van der Waals surface area contributed by atoms with E-state index in [1.54, 1.807) is 0 Å². The van der Waals surface area contributed by atoms with Gasteiger partial charge in [0.25, 0.3) is 0 Å². The molecule has 0 atom stereocenters. The SMILES string of the molecule is NCCCOCCOCCOCCCNC(=O)CCOCCOCCOCCOCCOCCC=O. The summed E-state index contributed by atoms with van der Waals surface area (Å²) in [5.41, 5.74) is 5.38. The van der Waals surface area contributed by atoms with Crippen LogP contribution in [0.4, 0.5) is 0 Å². The Hall–Kier alpha value is -1.22. The summed E-state index contributed by atoms with van der Waals surface area (Å²) >= 11 is 0. The summed E-state index contributed by atoms with van der Waals surface area (Å²) in [6.45, 7) is 9.12. The lowest BCUT2D eigenvalue weighted by atomic mass is 10.4. The minimum absolute atomic E-state index is 0.0444. The second-order valence-electron chi connectivity index (χ2n) is 7.45. The molecule has 0 aliphatic carbocycles. The number of aldehydes is 1. The largest absolute Gasteiger partial charge is 0.379 e. The maximum absolute atomic E-state index is 11.8. The zero-order valence-electron chi connectivity index (χ0n) is 21.8. The van der Waals surface area contributed by atoms with E-state index in [1.165, 1.54) is 0 Å². The van der Waals surface area contributed by atoms with E-state index >= 15 is 0 Å². The van der Waals surface area contributed by atoms with Crippen LogP contribution < -0.4 is 11.1 Å². The molecule has 0 saturated carbocycles. The number of rotatable bonds is 31. The third-order valence-corrected chi connectivity index (χ3v) is 4.37. The Kier molecular flexibility index (Phi) is 30.7. The fourth-order valence-corrected chi connectivity index (χ4v) is 2.50. The lowest BCUT2D eigenvalue weighted by Crippen LogP contribution is -2.26. The second kappa shape index (κ2) is 31.8. The molecule has 12 nitrogen and oxygen atoms in total. The van der Waals surface area contributed by atoms with E-state index < -0.39 is 0 Å². The topological polar surface area (TPSA) is 146 Å². The number of carbonyl (C=O) groups is 2. The first kappa shape index (κ1) is 34.8. The average Bonchev–Trinajstić information content (AvgIpc) is 2.88. The summed E-state index contributed by atoms with van der Waals surface area (Å²) in [5, 5.41) is 2.84. The quantitative estimate of drug-likeness (QED) is 0.0930. The van der Waals surface area contributed by atoms with E-state index in [1.807, 2.05) is 0 Å². The molecule has 0 aromatic carbocycles. The summed E-state index contributed by atoms with van der Waals surface area (Å²) in [6.07, 6.45) is 3.15. The molecule has 1 amide bonds. The van der Waals surface area contributed by atoms with Crippen LogP contribution in [0.5, 0.6) is 0 Å². The summed E-state index contributed by atoms with van der Waals surface area (Å²) in [5.74, 6) is -0.0444. The van der Waals surface area contributed by atoms with Crippen molar-refractivity contribution in [3.05, 3.63) is 0 Å². The minimum atomic E-state index is -0.0444. The van der Waals surface area contributed by atoms with Gasteiger partial charge in [0.2, 0.25) is 5.91 Å². The summed E-state index contributed by atoms with van der Waals surface area (Å²) < 4.78 is 42.9. The molecule has 0 unspecified atom stereocenters. The van der Waals surface area contributed by atoms with Crippen molar-refractivity contribution in [1.82, 2.24) is 5.32 Å². The Morgan fingerprint density at radius 1 is 0.556 bits per heavy atom. The molecule has 0 fully saturated rings. The van der Waals surface area contributed by atoms with Crippen LogP contribution in [-0.2, 0) is 47.5 Å². The Morgan fingerprint density at radius 3 is 1.39 bits per heavy atom. The van der Waals surface area contributed by atoms with Gasteiger partial charge < -0.3 is 53.7 Å². The highest BCUT2D eigenvalue weighted by atomic mass is 16.6. The minimum Gasteiger partial charge on any atom is -0.379 e. The number of hydrogen-bond acceptors (Lipinski definition) is 11. The smallest absolute Gasteiger partial charge is 0.222 e. The van der Waals surface area contributed by atoms with Gasteiger partial charge in [0, 0.05) is 32.6 Å². The van der Waals surface area contributed by atoms with Crippen molar-refractivity contribution >= 4 is 12.2 Å². The average molecular weight is 525 g/mol. The molecular weight excluding hydrogens is 476 g/mol. The first-order valence-corrected chi connectivity index (χ1v) is 12.8. The van der Waals surface area contributed by atoms with Crippen LogP contribution in [0.1, 0.15) is 25.7 Å². The molecule has 0 spiro atoms. The fourth-order valence-electron chi connectivity index (χ4n) is 2.50. The van der Waals surface area contributed by atoms with Gasteiger partial charge in [-0.05, 0) is 19.4 Å². The third kappa shape index (κ3) is 30.8. The van der Waals surface area contributed by atoms with Gasteiger partial charge in [-0.1, -0.05) is 0 Å². The molecule has 0 heterocycles. The van der Waals surface area contributed by atoms with Gasteiger partial charge in [-0.25, -0.2) is 0 Å². The van der Waals surface area contributed by atoms with Gasteiger partial charge in [0.1, 0.15) is 6.29 Å². The highest BCUT2D eigenvalue weighted by Crippen LogP contribution is 1.89. The van der Waals surface area contributed by atoms with Crippen LogP contribution in [0.25, 0.3) is 0 Å². The maximum atomic E-state index is 11.8. The molecule has 3 N–H and O–H groups in total. The van der Waals surface area contributed by atoms with E-state index in [0.29, 0.717) is 132 Å². The Labute approximate surface area is 215 Å². The van der Waals surface area contributed by atoms with Crippen molar-refractivity contribution in [3.63, 3.8) is 0 Å². The number of amides is 1. The van der Waals surface area contributed by atoms with Gasteiger partial charge in [0.05, 0.1) is 92.5 Å². The molecule has 0 radical (unpaired) electrons. The van der Waals surface area contributed by atoms with E-state index in [2.05, 4.69) is 5.32 Å². The van der Waals surface area contributed by atoms with Crippen molar-refractivity contribution in [3.8, 4) is 0 Å². The normalized spacial score (nSPS) is 11.1. The number of nitrogens with one attached hydrogen (secondary N) is 1. The molecule has 0 bridgehead atoms. The number of hydrogen-bond donors (Lipinski definition) is 2. The standard InChI is InChI=1S/C24H48N2O10/c25-5-1-8-29-12-16-33-17-13-30-9-2-6-26-24(28)4-11-32-15-19-35-21-23-36-22-20-34-18-14-31-10-3-7-27/h7H,1-6,8-23,25H2,(H,26,28). The number of carbonyl (C=O) groups excluding carboxylic acids is 2. The number of nitrogens with two attached hydrogens (primary N) is 1. The Bertz CT molecular complexity index is 461. The number of ether oxygens (including phenoxy) is 8. The van der Waals surface area contributed by atoms with Gasteiger partial charge in [-0.3, -0.25) is 4.79 Å². The molecule has 0 aromatic rings. The van der Waals surface area contributed by atoms with Crippen LogP contribution in [-0.4, -0.2) is 131 Å². The van der Waals surface area contributed by atoms with Gasteiger partial charge in [-0.2, -0.15) is 0 Å². The van der Waals surface area contributed by atoms with Crippen molar-refractivity contribution in [2.24, 2.45) is 5.73 Å². The molecule has 0 saturated heterocycles. The zero-order valence-corrected chi connectivity index (χ0v) is 21.8. The van der Waals surface area contributed by atoms with Crippen LogP contribution in [0.3, 0.4) is 0 Å².